The van der Waals surface area contributed by atoms with Crippen LogP contribution < -0.4 is 5.32 Å². The van der Waals surface area contributed by atoms with E-state index in [0.29, 0.717) is 29.3 Å². The Labute approximate surface area is 140 Å². The lowest BCUT2D eigenvalue weighted by atomic mass is 10.2. The SMILES string of the molecule is CCCc1nc2ccc(F)cn2c1C(=O)Nc1ccc(Br)cn1. The van der Waals surface area contributed by atoms with Gasteiger partial charge in [0.25, 0.3) is 5.91 Å². The van der Waals surface area contributed by atoms with Crippen molar-refractivity contribution in [1.82, 2.24) is 14.4 Å². The van der Waals surface area contributed by atoms with Crippen LogP contribution in [0.25, 0.3) is 5.65 Å². The Bertz CT molecular complexity index is 860. The van der Waals surface area contributed by atoms with Crippen molar-refractivity contribution >= 4 is 33.3 Å². The van der Waals surface area contributed by atoms with Crippen LogP contribution >= 0.6 is 15.9 Å². The van der Waals surface area contributed by atoms with E-state index in [1.54, 1.807) is 24.4 Å². The molecule has 0 aliphatic carbocycles. The molecular formula is C16H14BrFN4O. The molecule has 7 heteroatoms. The summed E-state index contributed by atoms with van der Waals surface area (Å²) in [5, 5.41) is 2.73. The number of hydrogen-bond acceptors (Lipinski definition) is 3. The van der Waals surface area contributed by atoms with Crippen LogP contribution in [-0.4, -0.2) is 20.3 Å². The fourth-order valence-corrected chi connectivity index (χ4v) is 2.58. The summed E-state index contributed by atoms with van der Waals surface area (Å²) in [6, 6.07) is 6.36. The normalized spacial score (nSPS) is 10.9. The van der Waals surface area contributed by atoms with Crippen molar-refractivity contribution in [2.24, 2.45) is 0 Å². The van der Waals surface area contributed by atoms with Gasteiger partial charge in [0.05, 0.1) is 5.69 Å². The van der Waals surface area contributed by atoms with Crippen molar-refractivity contribution in [3.8, 4) is 0 Å². The minimum absolute atomic E-state index is 0.339. The number of fused-ring (bicyclic) bond motifs is 1. The molecule has 3 rings (SSSR count). The van der Waals surface area contributed by atoms with Gasteiger partial charge in [-0.2, -0.15) is 0 Å². The van der Waals surface area contributed by atoms with E-state index in [2.05, 4.69) is 31.2 Å². The van der Waals surface area contributed by atoms with E-state index in [-0.39, 0.29) is 5.91 Å². The molecule has 3 aromatic heterocycles. The predicted molar refractivity (Wildman–Crippen MR) is 89.0 cm³/mol. The average molecular weight is 377 g/mol. The summed E-state index contributed by atoms with van der Waals surface area (Å²) in [4.78, 5) is 21.2. The highest BCUT2D eigenvalue weighted by atomic mass is 79.9. The molecule has 3 aromatic rings. The van der Waals surface area contributed by atoms with Crippen LogP contribution in [0.2, 0.25) is 0 Å². The summed E-state index contributed by atoms with van der Waals surface area (Å²) in [7, 11) is 0. The zero-order valence-electron chi connectivity index (χ0n) is 12.4. The van der Waals surface area contributed by atoms with Gasteiger partial charge in [0, 0.05) is 16.9 Å². The molecule has 0 spiro atoms. The molecule has 5 nitrogen and oxygen atoms in total. The maximum atomic E-state index is 13.5. The molecule has 118 valence electrons. The van der Waals surface area contributed by atoms with Crippen molar-refractivity contribution in [3.05, 3.63) is 58.3 Å². The molecule has 3 heterocycles. The van der Waals surface area contributed by atoms with E-state index >= 15 is 0 Å². The minimum atomic E-state index is -0.422. The summed E-state index contributed by atoms with van der Waals surface area (Å²) in [6.07, 6.45) is 4.34. The zero-order chi connectivity index (χ0) is 16.4. The minimum Gasteiger partial charge on any atom is -0.305 e. The maximum absolute atomic E-state index is 13.5. The number of rotatable bonds is 4. The molecule has 1 N–H and O–H groups in total. The maximum Gasteiger partial charge on any atom is 0.275 e. The number of imidazole rings is 1. The lowest BCUT2D eigenvalue weighted by Crippen LogP contribution is -2.17. The number of anilines is 1. The Balaban J connectivity index is 2.02. The van der Waals surface area contributed by atoms with E-state index < -0.39 is 5.82 Å². The largest absolute Gasteiger partial charge is 0.305 e. The third-order valence-corrected chi connectivity index (χ3v) is 3.79. The van der Waals surface area contributed by atoms with E-state index in [0.717, 1.165) is 10.9 Å². The van der Waals surface area contributed by atoms with Gasteiger partial charge < -0.3 is 5.32 Å². The summed E-state index contributed by atoms with van der Waals surface area (Å²) < 4.78 is 15.8. The first-order chi connectivity index (χ1) is 11.1. The van der Waals surface area contributed by atoms with Crippen LogP contribution in [-0.2, 0) is 6.42 Å². The Morgan fingerprint density at radius 1 is 1.35 bits per heavy atom. The second-order valence-corrected chi connectivity index (χ2v) is 5.96. The lowest BCUT2D eigenvalue weighted by molar-refractivity contribution is 0.102. The van der Waals surface area contributed by atoms with Crippen LogP contribution in [0, 0.1) is 5.82 Å². The number of hydrogen-bond donors (Lipinski definition) is 1. The third kappa shape index (κ3) is 3.24. The van der Waals surface area contributed by atoms with Gasteiger partial charge in [0.15, 0.2) is 0 Å². The summed E-state index contributed by atoms with van der Waals surface area (Å²) in [5.74, 6) is -0.359. The number of pyridine rings is 2. The van der Waals surface area contributed by atoms with Crippen molar-refractivity contribution in [1.29, 1.82) is 0 Å². The molecule has 0 radical (unpaired) electrons. The highest BCUT2D eigenvalue weighted by Gasteiger charge is 2.19. The van der Waals surface area contributed by atoms with Gasteiger partial charge in [-0.25, -0.2) is 14.4 Å². The zero-order valence-corrected chi connectivity index (χ0v) is 14.0. The van der Waals surface area contributed by atoms with Crippen LogP contribution in [0.3, 0.4) is 0 Å². The Hall–Kier alpha value is -2.28. The molecule has 0 bridgehead atoms. The molecule has 23 heavy (non-hydrogen) atoms. The van der Waals surface area contributed by atoms with Gasteiger partial charge in [0.1, 0.15) is 23.0 Å². The quantitative estimate of drug-likeness (QED) is 0.752. The van der Waals surface area contributed by atoms with E-state index in [1.165, 1.54) is 16.7 Å². The first kappa shape index (κ1) is 15.6. The molecule has 0 atom stereocenters. The van der Waals surface area contributed by atoms with Gasteiger partial charge in [-0.1, -0.05) is 13.3 Å². The predicted octanol–water partition coefficient (Wildman–Crippen LogP) is 3.84. The second-order valence-electron chi connectivity index (χ2n) is 5.05. The van der Waals surface area contributed by atoms with E-state index in [9.17, 15) is 9.18 Å². The Kier molecular flexibility index (Phi) is 4.38. The molecule has 0 saturated heterocycles. The van der Waals surface area contributed by atoms with Crippen molar-refractivity contribution < 1.29 is 9.18 Å². The fraction of sp³-hybridized carbons (Fsp3) is 0.188. The van der Waals surface area contributed by atoms with Gasteiger partial charge in [0.2, 0.25) is 0 Å². The fourth-order valence-electron chi connectivity index (χ4n) is 2.34. The first-order valence-corrected chi connectivity index (χ1v) is 7.97. The van der Waals surface area contributed by atoms with Crippen LogP contribution in [0.15, 0.2) is 41.1 Å². The molecule has 0 aliphatic rings. The molecular weight excluding hydrogens is 363 g/mol. The summed E-state index contributed by atoms with van der Waals surface area (Å²) in [6.45, 7) is 2.00. The van der Waals surface area contributed by atoms with Crippen LogP contribution in [0.1, 0.15) is 29.5 Å². The third-order valence-electron chi connectivity index (χ3n) is 3.33. The first-order valence-electron chi connectivity index (χ1n) is 7.18. The number of nitrogens with zero attached hydrogens (tertiary/aromatic N) is 3. The topological polar surface area (TPSA) is 59.3 Å². The number of halogens is 2. The van der Waals surface area contributed by atoms with Crippen LogP contribution in [0.5, 0.6) is 0 Å². The summed E-state index contributed by atoms with van der Waals surface area (Å²) in [5.41, 5.74) is 1.53. The number of amides is 1. The van der Waals surface area contributed by atoms with Gasteiger partial charge >= 0.3 is 0 Å². The molecule has 0 fully saturated rings. The number of carbonyl (C=O) groups is 1. The average Bonchev–Trinajstić information content (AvgIpc) is 2.87. The van der Waals surface area contributed by atoms with Crippen molar-refractivity contribution in [2.45, 2.75) is 19.8 Å². The second kappa shape index (κ2) is 6.45. The van der Waals surface area contributed by atoms with E-state index in [4.69, 9.17) is 0 Å². The smallest absolute Gasteiger partial charge is 0.275 e. The molecule has 0 saturated carbocycles. The van der Waals surface area contributed by atoms with Crippen molar-refractivity contribution in [2.75, 3.05) is 5.32 Å². The van der Waals surface area contributed by atoms with Crippen LogP contribution in [0.4, 0.5) is 10.2 Å². The number of nitrogens with one attached hydrogen (secondary N) is 1. The highest BCUT2D eigenvalue weighted by Crippen LogP contribution is 2.18. The van der Waals surface area contributed by atoms with Crippen molar-refractivity contribution in [3.63, 3.8) is 0 Å². The molecule has 1 amide bonds. The molecule has 0 unspecified atom stereocenters. The lowest BCUT2D eigenvalue weighted by Gasteiger charge is -2.06. The molecule has 0 aliphatic heterocycles. The Morgan fingerprint density at radius 2 is 2.17 bits per heavy atom. The number of aromatic nitrogens is 3. The van der Waals surface area contributed by atoms with Gasteiger partial charge in [-0.15, -0.1) is 0 Å². The number of carbonyl (C=O) groups excluding carboxylic acids is 1. The Morgan fingerprint density at radius 3 is 2.87 bits per heavy atom. The summed E-state index contributed by atoms with van der Waals surface area (Å²) >= 11 is 3.29. The number of aryl methyl sites for hydroxylation is 1. The van der Waals surface area contributed by atoms with E-state index in [1.807, 2.05) is 6.92 Å². The molecule has 0 aromatic carbocycles. The highest BCUT2D eigenvalue weighted by molar-refractivity contribution is 9.10. The van der Waals surface area contributed by atoms with Gasteiger partial charge in [-0.3, -0.25) is 9.20 Å². The standard InChI is InChI=1S/C16H14BrFN4O/c1-2-3-12-15(22-9-11(18)5-7-14(22)20-12)16(23)21-13-6-4-10(17)8-19-13/h4-9H,2-3H2,1H3,(H,19,21,23). The monoisotopic (exact) mass is 376 g/mol. The van der Waals surface area contributed by atoms with Gasteiger partial charge in [-0.05, 0) is 46.6 Å².